The molecule has 0 saturated heterocycles. The van der Waals surface area contributed by atoms with Crippen molar-refractivity contribution in [1.29, 1.82) is 0 Å². The lowest BCUT2D eigenvalue weighted by Crippen LogP contribution is -2.43. The van der Waals surface area contributed by atoms with Gasteiger partial charge in [0.1, 0.15) is 6.04 Å². The topological polar surface area (TPSA) is 46.2 Å². The van der Waals surface area contributed by atoms with Gasteiger partial charge in [0.2, 0.25) is 10.0 Å². The summed E-state index contributed by atoms with van der Waals surface area (Å²) in [5.41, 5.74) is 0. The third kappa shape index (κ3) is 4.05. The van der Waals surface area contributed by atoms with E-state index in [0.29, 0.717) is 0 Å². The standard InChI is InChI=1S/C8H12F3NO2S/c1-4-7(5-2)15(13,14)12-6(3)8(9,10)11/h4-6,12H,1H2,2-3H3. The van der Waals surface area contributed by atoms with Gasteiger partial charge in [0.05, 0.1) is 4.91 Å². The second-order valence-corrected chi connectivity index (χ2v) is 4.49. The molecular formula is C8H12F3NO2S. The lowest BCUT2D eigenvalue weighted by atomic mass is 10.4. The van der Waals surface area contributed by atoms with E-state index in [2.05, 4.69) is 6.58 Å². The molecular weight excluding hydrogens is 231 g/mol. The molecule has 15 heavy (non-hydrogen) atoms. The Morgan fingerprint density at radius 1 is 1.47 bits per heavy atom. The molecule has 0 aromatic rings. The molecule has 0 rings (SSSR count). The Labute approximate surface area is 86.7 Å². The number of alkyl halides is 3. The average molecular weight is 243 g/mol. The first kappa shape index (κ1) is 14.2. The first-order chi connectivity index (χ1) is 6.65. The maximum absolute atomic E-state index is 12.1. The van der Waals surface area contributed by atoms with Gasteiger partial charge in [-0.3, -0.25) is 0 Å². The number of hydrogen-bond donors (Lipinski definition) is 1. The predicted octanol–water partition coefficient (Wildman–Crippen LogP) is 1.95. The molecule has 0 heterocycles. The molecule has 88 valence electrons. The van der Waals surface area contributed by atoms with Crippen molar-refractivity contribution < 1.29 is 21.6 Å². The van der Waals surface area contributed by atoms with E-state index in [1.165, 1.54) is 17.7 Å². The Balaban J connectivity index is 4.90. The summed E-state index contributed by atoms with van der Waals surface area (Å²) in [6, 6.07) is -2.13. The van der Waals surface area contributed by atoms with Crippen LogP contribution < -0.4 is 4.72 Å². The molecule has 1 unspecified atom stereocenters. The van der Waals surface area contributed by atoms with Crippen LogP contribution in [0.4, 0.5) is 13.2 Å². The third-order valence-corrected chi connectivity index (χ3v) is 3.31. The Kier molecular flexibility index (Phi) is 4.54. The molecule has 0 bridgehead atoms. The summed E-state index contributed by atoms with van der Waals surface area (Å²) in [7, 11) is -4.13. The summed E-state index contributed by atoms with van der Waals surface area (Å²) in [6.45, 7) is 5.33. The zero-order chi connectivity index (χ0) is 12.3. The molecule has 3 nitrogen and oxygen atoms in total. The quantitative estimate of drug-likeness (QED) is 0.767. The molecule has 0 aliphatic rings. The zero-order valence-corrected chi connectivity index (χ0v) is 9.11. The van der Waals surface area contributed by atoms with Crippen molar-refractivity contribution in [2.45, 2.75) is 26.1 Å². The SMILES string of the molecule is C=CC(=CC)S(=O)(=O)NC(C)C(F)(F)F. The smallest absolute Gasteiger partial charge is 0.207 e. The molecule has 0 aromatic carbocycles. The number of nitrogens with one attached hydrogen (secondary N) is 1. The summed E-state index contributed by atoms with van der Waals surface area (Å²) in [4.78, 5) is -0.279. The molecule has 0 aromatic heterocycles. The van der Waals surface area contributed by atoms with Gasteiger partial charge in [0.25, 0.3) is 0 Å². The van der Waals surface area contributed by atoms with Crippen molar-refractivity contribution >= 4 is 10.0 Å². The van der Waals surface area contributed by atoms with Crippen LogP contribution in [-0.2, 0) is 10.0 Å². The van der Waals surface area contributed by atoms with Crippen LogP contribution in [0.1, 0.15) is 13.8 Å². The molecule has 0 radical (unpaired) electrons. The van der Waals surface area contributed by atoms with Crippen LogP contribution >= 0.6 is 0 Å². The van der Waals surface area contributed by atoms with Crippen molar-refractivity contribution in [1.82, 2.24) is 4.72 Å². The molecule has 0 saturated carbocycles. The van der Waals surface area contributed by atoms with E-state index in [0.717, 1.165) is 13.0 Å². The number of rotatable bonds is 4. The summed E-state index contributed by atoms with van der Waals surface area (Å²) in [6.07, 6.45) is -2.46. The van der Waals surface area contributed by atoms with Crippen molar-refractivity contribution in [3.05, 3.63) is 23.6 Å². The predicted molar refractivity (Wildman–Crippen MR) is 51.5 cm³/mol. The minimum Gasteiger partial charge on any atom is -0.207 e. The second-order valence-electron chi connectivity index (χ2n) is 2.78. The second kappa shape index (κ2) is 4.80. The Bertz CT molecular complexity index is 357. The van der Waals surface area contributed by atoms with Crippen LogP contribution in [0.3, 0.4) is 0 Å². The van der Waals surface area contributed by atoms with Crippen LogP contribution in [0.5, 0.6) is 0 Å². The monoisotopic (exact) mass is 243 g/mol. The van der Waals surface area contributed by atoms with E-state index in [9.17, 15) is 21.6 Å². The highest BCUT2D eigenvalue weighted by atomic mass is 32.2. The lowest BCUT2D eigenvalue weighted by Gasteiger charge is -2.17. The van der Waals surface area contributed by atoms with Crippen LogP contribution in [0.2, 0.25) is 0 Å². The number of halogens is 3. The van der Waals surface area contributed by atoms with E-state index < -0.39 is 22.2 Å². The fraction of sp³-hybridized carbons (Fsp3) is 0.500. The fourth-order valence-corrected chi connectivity index (χ4v) is 2.02. The molecule has 7 heteroatoms. The van der Waals surface area contributed by atoms with Gasteiger partial charge in [-0.25, -0.2) is 8.42 Å². The van der Waals surface area contributed by atoms with E-state index in [4.69, 9.17) is 0 Å². The molecule has 0 amide bonds. The van der Waals surface area contributed by atoms with Crippen LogP contribution in [0.25, 0.3) is 0 Å². The number of sulfonamides is 1. The van der Waals surface area contributed by atoms with Crippen molar-refractivity contribution in [3.8, 4) is 0 Å². The number of hydrogen-bond acceptors (Lipinski definition) is 2. The Morgan fingerprint density at radius 3 is 2.20 bits per heavy atom. The van der Waals surface area contributed by atoms with Crippen LogP contribution in [0.15, 0.2) is 23.6 Å². The van der Waals surface area contributed by atoms with Gasteiger partial charge >= 0.3 is 6.18 Å². The van der Waals surface area contributed by atoms with Gasteiger partial charge in [-0.1, -0.05) is 12.7 Å². The van der Waals surface area contributed by atoms with E-state index in [-0.39, 0.29) is 4.91 Å². The van der Waals surface area contributed by atoms with Crippen LogP contribution in [0, 0.1) is 0 Å². The van der Waals surface area contributed by atoms with Crippen molar-refractivity contribution in [3.63, 3.8) is 0 Å². The molecule has 0 aliphatic carbocycles. The molecule has 0 fully saturated rings. The van der Waals surface area contributed by atoms with Gasteiger partial charge in [-0.15, -0.1) is 0 Å². The third-order valence-electron chi connectivity index (χ3n) is 1.62. The van der Waals surface area contributed by atoms with E-state index in [1.807, 2.05) is 0 Å². The molecule has 0 aliphatic heterocycles. The highest BCUT2D eigenvalue weighted by Crippen LogP contribution is 2.21. The van der Waals surface area contributed by atoms with Crippen molar-refractivity contribution in [2.24, 2.45) is 0 Å². The summed E-state index contributed by atoms with van der Waals surface area (Å²) >= 11 is 0. The maximum Gasteiger partial charge on any atom is 0.404 e. The molecule has 0 spiro atoms. The van der Waals surface area contributed by atoms with E-state index >= 15 is 0 Å². The summed E-state index contributed by atoms with van der Waals surface area (Å²) in [5, 5.41) is 0. The maximum atomic E-state index is 12.1. The van der Waals surface area contributed by atoms with Gasteiger partial charge < -0.3 is 0 Å². The van der Waals surface area contributed by atoms with Gasteiger partial charge in [0.15, 0.2) is 0 Å². The van der Waals surface area contributed by atoms with Crippen molar-refractivity contribution in [2.75, 3.05) is 0 Å². The van der Waals surface area contributed by atoms with E-state index in [1.54, 1.807) is 0 Å². The lowest BCUT2D eigenvalue weighted by molar-refractivity contribution is -0.146. The molecule has 1 N–H and O–H groups in total. The Morgan fingerprint density at radius 2 is 1.93 bits per heavy atom. The first-order valence-electron chi connectivity index (χ1n) is 4.03. The Hall–Kier alpha value is -0.820. The van der Waals surface area contributed by atoms with Gasteiger partial charge in [-0.2, -0.15) is 17.9 Å². The fourth-order valence-electron chi connectivity index (χ4n) is 0.750. The average Bonchev–Trinajstić information content (AvgIpc) is 2.02. The highest BCUT2D eigenvalue weighted by molar-refractivity contribution is 7.93. The largest absolute Gasteiger partial charge is 0.404 e. The zero-order valence-electron chi connectivity index (χ0n) is 8.30. The minimum atomic E-state index is -4.60. The highest BCUT2D eigenvalue weighted by Gasteiger charge is 2.38. The summed E-state index contributed by atoms with van der Waals surface area (Å²) < 4.78 is 60.3. The summed E-state index contributed by atoms with van der Waals surface area (Å²) in [5.74, 6) is 0. The minimum absolute atomic E-state index is 0.279. The van der Waals surface area contributed by atoms with Gasteiger partial charge in [-0.05, 0) is 19.9 Å². The van der Waals surface area contributed by atoms with Crippen LogP contribution in [-0.4, -0.2) is 20.6 Å². The number of allylic oxidation sites excluding steroid dienone is 2. The normalized spacial score (nSPS) is 16.2. The van der Waals surface area contributed by atoms with Gasteiger partial charge in [0, 0.05) is 0 Å². The molecule has 1 atom stereocenters. The first-order valence-corrected chi connectivity index (χ1v) is 5.51.